The number of thiophene rings is 1. The summed E-state index contributed by atoms with van der Waals surface area (Å²) >= 11 is 1.18. The fourth-order valence-corrected chi connectivity index (χ4v) is 4.69. The first-order valence-corrected chi connectivity index (χ1v) is 12.3. The lowest BCUT2D eigenvalue weighted by Gasteiger charge is -2.11. The number of rotatable bonds is 9. The molecule has 1 aromatic carbocycles. The van der Waals surface area contributed by atoms with Crippen LogP contribution in [0.15, 0.2) is 34.5 Å². The first kappa shape index (κ1) is 24.5. The number of esters is 2. The van der Waals surface area contributed by atoms with E-state index in [0.717, 1.165) is 11.8 Å². The van der Waals surface area contributed by atoms with Crippen molar-refractivity contribution in [1.82, 2.24) is 0 Å². The third kappa shape index (κ3) is 6.63. The van der Waals surface area contributed by atoms with Crippen molar-refractivity contribution in [1.29, 1.82) is 0 Å². The molecule has 8 nitrogen and oxygen atoms in total. The quantitative estimate of drug-likeness (QED) is 0.562. The van der Waals surface area contributed by atoms with Crippen LogP contribution in [0.2, 0.25) is 0 Å². The van der Waals surface area contributed by atoms with Crippen LogP contribution in [0.3, 0.4) is 0 Å². The number of hydrogen-bond acceptors (Lipinski definition) is 8. The molecule has 0 unspecified atom stereocenters. The Hall–Kier alpha value is -2.72. The highest BCUT2D eigenvalue weighted by molar-refractivity contribution is 7.90. The smallest absolute Gasteiger partial charge is 0.341 e. The van der Waals surface area contributed by atoms with Gasteiger partial charge in [-0.2, -0.15) is 0 Å². The Morgan fingerprint density at radius 1 is 1.10 bits per heavy atom. The number of carbonyl (C=O) groups excluding carboxylic acids is 3. The molecule has 0 radical (unpaired) electrons. The van der Waals surface area contributed by atoms with Crippen LogP contribution >= 0.6 is 11.3 Å². The van der Waals surface area contributed by atoms with Crippen LogP contribution in [0.5, 0.6) is 0 Å². The lowest BCUT2D eigenvalue weighted by molar-refractivity contribution is -0.119. The van der Waals surface area contributed by atoms with Crippen molar-refractivity contribution in [3.05, 3.63) is 46.3 Å². The van der Waals surface area contributed by atoms with Crippen LogP contribution in [0.4, 0.5) is 5.00 Å². The van der Waals surface area contributed by atoms with E-state index in [4.69, 9.17) is 9.47 Å². The Labute approximate surface area is 185 Å². The Balaban J connectivity index is 2.13. The van der Waals surface area contributed by atoms with E-state index in [0.29, 0.717) is 22.9 Å². The molecule has 1 amide bonds. The van der Waals surface area contributed by atoms with Crippen LogP contribution in [0.25, 0.3) is 0 Å². The topological polar surface area (TPSA) is 116 Å². The van der Waals surface area contributed by atoms with Gasteiger partial charge in [-0.25, -0.2) is 18.0 Å². The SMILES string of the molecule is CCOC(=O)c1c(CC(C)C)csc1NC(=O)COC(=O)c1ccccc1S(C)(=O)=O. The van der Waals surface area contributed by atoms with Gasteiger partial charge in [-0.3, -0.25) is 4.79 Å². The summed E-state index contributed by atoms with van der Waals surface area (Å²) in [6.07, 6.45) is 1.62. The molecule has 0 bridgehead atoms. The minimum Gasteiger partial charge on any atom is -0.462 e. The maximum atomic E-state index is 12.4. The molecule has 0 fully saturated rings. The predicted octanol–water partition coefficient (Wildman–Crippen LogP) is 3.32. The largest absolute Gasteiger partial charge is 0.462 e. The van der Waals surface area contributed by atoms with Gasteiger partial charge in [-0.05, 0) is 42.3 Å². The second-order valence-corrected chi connectivity index (χ2v) is 10.0. The predicted molar refractivity (Wildman–Crippen MR) is 117 cm³/mol. The molecule has 0 saturated carbocycles. The van der Waals surface area contributed by atoms with E-state index in [2.05, 4.69) is 5.32 Å². The third-order valence-electron chi connectivity index (χ3n) is 4.07. The van der Waals surface area contributed by atoms with Crippen LogP contribution < -0.4 is 5.32 Å². The monoisotopic (exact) mass is 467 g/mol. The molecule has 0 aliphatic carbocycles. The van der Waals surface area contributed by atoms with Gasteiger partial charge in [0, 0.05) is 6.26 Å². The van der Waals surface area contributed by atoms with Gasteiger partial charge in [0.2, 0.25) is 0 Å². The highest BCUT2D eigenvalue weighted by atomic mass is 32.2. The van der Waals surface area contributed by atoms with E-state index in [1.807, 2.05) is 13.8 Å². The number of hydrogen-bond donors (Lipinski definition) is 1. The zero-order valence-corrected chi connectivity index (χ0v) is 19.4. The molecule has 0 atom stereocenters. The van der Waals surface area contributed by atoms with Crippen molar-refractivity contribution in [3.8, 4) is 0 Å². The third-order valence-corrected chi connectivity index (χ3v) is 6.17. The second kappa shape index (κ2) is 10.5. The van der Waals surface area contributed by atoms with E-state index in [9.17, 15) is 22.8 Å². The summed E-state index contributed by atoms with van der Waals surface area (Å²) < 4.78 is 33.8. The van der Waals surface area contributed by atoms with Crippen LogP contribution in [0.1, 0.15) is 47.1 Å². The second-order valence-electron chi connectivity index (χ2n) is 7.18. The van der Waals surface area contributed by atoms with Gasteiger partial charge in [-0.15, -0.1) is 11.3 Å². The van der Waals surface area contributed by atoms with E-state index < -0.39 is 34.3 Å². The maximum absolute atomic E-state index is 12.4. The van der Waals surface area contributed by atoms with E-state index in [-0.39, 0.29) is 17.1 Å². The summed E-state index contributed by atoms with van der Waals surface area (Å²) in [7, 11) is -3.64. The number of benzene rings is 1. The summed E-state index contributed by atoms with van der Waals surface area (Å²) in [5, 5.41) is 4.68. The van der Waals surface area contributed by atoms with Gasteiger partial charge in [-0.1, -0.05) is 26.0 Å². The van der Waals surface area contributed by atoms with Crippen molar-refractivity contribution in [2.45, 2.75) is 32.1 Å². The average Bonchev–Trinajstić information content (AvgIpc) is 3.07. The summed E-state index contributed by atoms with van der Waals surface area (Å²) in [6, 6.07) is 5.59. The van der Waals surface area contributed by atoms with Gasteiger partial charge < -0.3 is 14.8 Å². The van der Waals surface area contributed by atoms with Gasteiger partial charge in [0.1, 0.15) is 5.00 Å². The zero-order chi connectivity index (χ0) is 23.2. The molecule has 0 spiro atoms. The Morgan fingerprint density at radius 2 is 1.77 bits per heavy atom. The van der Waals surface area contributed by atoms with E-state index >= 15 is 0 Å². The van der Waals surface area contributed by atoms with Gasteiger partial charge in [0.05, 0.1) is 22.6 Å². The van der Waals surface area contributed by atoms with E-state index in [1.54, 1.807) is 12.3 Å². The Morgan fingerprint density at radius 3 is 2.39 bits per heavy atom. The van der Waals surface area contributed by atoms with Crippen molar-refractivity contribution in [2.24, 2.45) is 5.92 Å². The lowest BCUT2D eigenvalue weighted by Crippen LogP contribution is -2.22. The van der Waals surface area contributed by atoms with Crippen molar-refractivity contribution in [2.75, 3.05) is 24.8 Å². The molecule has 1 heterocycles. The lowest BCUT2D eigenvalue weighted by atomic mass is 10.0. The van der Waals surface area contributed by atoms with Crippen LogP contribution in [0, 0.1) is 5.92 Å². The fraction of sp³-hybridized carbons (Fsp3) is 0.381. The molecular formula is C21H25NO7S2. The summed E-state index contributed by atoms with van der Waals surface area (Å²) in [5.74, 6) is -1.84. The number of anilines is 1. The number of ether oxygens (including phenoxy) is 2. The summed E-state index contributed by atoms with van der Waals surface area (Å²) in [4.78, 5) is 36.9. The molecular weight excluding hydrogens is 442 g/mol. The molecule has 1 N–H and O–H groups in total. The maximum Gasteiger partial charge on any atom is 0.341 e. The highest BCUT2D eigenvalue weighted by Gasteiger charge is 2.24. The van der Waals surface area contributed by atoms with Crippen LogP contribution in [-0.2, 0) is 30.5 Å². The fourth-order valence-electron chi connectivity index (χ4n) is 2.83. The van der Waals surface area contributed by atoms with Crippen LogP contribution in [-0.4, -0.2) is 45.7 Å². The van der Waals surface area contributed by atoms with Crippen molar-refractivity contribution in [3.63, 3.8) is 0 Å². The summed E-state index contributed by atoms with van der Waals surface area (Å²) in [6.45, 7) is 5.27. The first-order valence-electron chi connectivity index (χ1n) is 9.58. The minimum absolute atomic E-state index is 0.152. The van der Waals surface area contributed by atoms with Gasteiger partial charge in [0.25, 0.3) is 5.91 Å². The standard InChI is InChI=1S/C21H25NO7S2/c1-5-28-21(25)18-14(10-13(2)3)12-30-19(18)22-17(23)11-29-20(24)15-8-6-7-9-16(15)31(4,26)27/h6-9,12-13H,5,10-11H2,1-4H3,(H,22,23). The minimum atomic E-state index is -3.64. The molecule has 2 rings (SSSR count). The molecule has 0 saturated heterocycles. The molecule has 10 heteroatoms. The number of nitrogens with one attached hydrogen (secondary N) is 1. The molecule has 0 aliphatic rings. The van der Waals surface area contributed by atoms with Gasteiger partial charge >= 0.3 is 11.9 Å². The zero-order valence-electron chi connectivity index (χ0n) is 17.8. The number of sulfone groups is 1. The summed E-state index contributed by atoms with van der Waals surface area (Å²) in [5.41, 5.74) is 0.913. The average molecular weight is 468 g/mol. The van der Waals surface area contributed by atoms with E-state index in [1.165, 1.54) is 35.6 Å². The molecule has 168 valence electrons. The molecule has 2 aromatic rings. The first-order chi connectivity index (χ1) is 14.5. The normalized spacial score (nSPS) is 11.3. The van der Waals surface area contributed by atoms with Crippen molar-refractivity contribution >= 4 is 44.0 Å². The molecule has 31 heavy (non-hydrogen) atoms. The Kier molecular flexibility index (Phi) is 8.35. The highest BCUT2D eigenvalue weighted by Crippen LogP contribution is 2.31. The van der Waals surface area contributed by atoms with Gasteiger partial charge in [0.15, 0.2) is 16.4 Å². The van der Waals surface area contributed by atoms with Crippen molar-refractivity contribution < 1.29 is 32.3 Å². The Bertz CT molecular complexity index is 1070. The molecule has 1 aromatic heterocycles. The molecule has 0 aliphatic heterocycles. The number of amides is 1. The number of carbonyl (C=O) groups is 3.